The van der Waals surface area contributed by atoms with Crippen molar-refractivity contribution >= 4 is 23.2 Å². The van der Waals surface area contributed by atoms with Gasteiger partial charge in [0.25, 0.3) is 5.91 Å². The summed E-state index contributed by atoms with van der Waals surface area (Å²) in [6, 6.07) is 12.9. The van der Waals surface area contributed by atoms with Crippen molar-refractivity contribution in [3.63, 3.8) is 0 Å². The van der Waals surface area contributed by atoms with Gasteiger partial charge < -0.3 is 10.6 Å². The molecule has 1 fully saturated rings. The van der Waals surface area contributed by atoms with E-state index in [2.05, 4.69) is 10.6 Å². The van der Waals surface area contributed by atoms with Gasteiger partial charge in [-0.2, -0.15) is 0 Å². The zero-order chi connectivity index (χ0) is 18.2. The highest BCUT2D eigenvalue weighted by atomic mass is 32.1. The van der Waals surface area contributed by atoms with Crippen LogP contribution in [0.2, 0.25) is 0 Å². The summed E-state index contributed by atoms with van der Waals surface area (Å²) in [6.07, 6.45) is 6.68. The van der Waals surface area contributed by atoms with Crippen molar-refractivity contribution in [3.8, 4) is 0 Å². The highest BCUT2D eigenvalue weighted by Gasteiger charge is 2.23. The molecule has 0 saturated heterocycles. The fourth-order valence-corrected chi connectivity index (χ4v) is 4.08. The molecule has 2 aromatic rings. The molecule has 5 heteroatoms. The standard InChI is InChI=1S/C21H26N2O2S/c24-20(22-15-17-10-5-2-6-11-17)18(14-16-8-3-1-4-9-16)23-21(25)19-12-7-13-26-19/h1,3-4,7-9,12-13,17-18H,2,5-6,10-11,14-15H2,(H,22,24)(H,23,25)/t18-/m1/s1. The van der Waals surface area contributed by atoms with Crippen LogP contribution in [0.5, 0.6) is 0 Å². The van der Waals surface area contributed by atoms with E-state index in [-0.39, 0.29) is 11.8 Å². The minimum atomic E-state index is -0.560. The van der Waals surface area contributed by atoms with E-state index in [9.17, 15) is 9.59 Å². The SMILES string of the molecule is O=C(N[C@H](Cc1ccccc1)C(=O)NCC1CCCCC1)c1cccs1. The summed E-state index contributed by atoms with van der Waals surface area (Å²) >= 11 is 1.38. The highest BCUT2D eigenvalue weighted by Crippen LogP contribution is 2.22. The molecular formula is C21H26N2O2S. The molecule has 0 bridgehead atoms. The van der Waals surface area contributed by atoms with Crippen LogP contribution in [-0.2, 0) is 11.2 Å². The summed E-state index contributed by atoms with van der Waals surface area (Å²) in [5.74, 6) is 0.288. The van der Waals surface area contributed by atoms with Crippen molar-refractivity contribution in [2.45, 2.75) is 44.6 Å². The van der Waals surface area contributed by atoms with Crippen LogP contribution in [0.4, 0.5) is 0 Å². The van der Waals surface area contributed by atoms with E-state index >= 15 is 0 Å². The van der Waals surface area contributed by atoms with Crippen LogP contribution in [0.25, 0.3) is 0 Å². The van der Waals surface area contributed by atoms with Gasteiger partial charge in [0.2, 0.25) is 5.91 Å². The van der Waals surface area contributed by atoms with Gasteiger partial charge in [0.1, 0.15) is 6.04 Å². The molecule has 1 aromatic carbocycles. The minimum absolute atomic E-state index is 0.0932. The van der Waals surface area contributed by atoms with Crippen molar-refractivity contribution in [2.75, 3.05) is 6.54 Å². The lowest BCUT2D eigenvalue weighted by atomic mass is 9.89. The molecule has 2 amide bonds. The second-order valence-electron chi connectivity index (χ2n) is 6.94. The number of amides is 2. The largest absolute Gasteiger partial charge is 0.354 e. The molecule has 4 nitrogen and oxygen atoms in total. The number of carbonyl (C=O) groups excluding carboxylic acids is 2. The number of hydrogen-bond donors (Lipinski definition) is 2. The van der Waals surface area contributed by atoms with Crippen LogP contribution in [-0.4, -0.2) is 24.4 Å². The van der Waals surface area contributed by atoms with Crippen LogP contribution in [0.15, 0.2) is 47.8 Å². The molecule has 1 aliphatic rings. The van der Waals surface area contributed by atoms with E-state index in [4.69, 9.17) is 0 Å². The molecule has 3 rings (SSSR count). The summed E-state index contributed by atoms with van der Waals surface area (Å²) in [6.45, 7) is 0.707. The lowest BCUT2D eigenvalue weighted by molar-refractivity contribution is -0.123. The maximum Gasteiger partial charge on any atom is 0.262 e. The fraction of sp³-hybridized carbons (Fsp3) is 0.429. The Morgan fingerprint density at radius 1 is 1.04 bits per heavy atom. The van der Waals surface area contributed by atoms with E-state index in [1.54, 1.807) is 6.07 Å². The maximum absolute atomic E-state index is 12.8. The quantitative estimate of drug-likeness (QED) is 0.779. The van der Waals surface area contributed by atoms with Crippen LogP contribution in [0, 0.1) is 5.92 Å². The first kappa shape index (κ1) is 18.6. The van der Waals surface area contributed by atoms with E-state index < -0.39 is 6.04 Å². The maximum atomic E-state index is 12.8. The summed E-state index contributed by atoms with van der Waals surface area (Å²) < 4.78 is 0. The average Bonchev–Trinajstić information content (AvgIpc) is 3.22. The Labute approximate surface area is 159 Å². The number of nitrogens with one attached hydrogen (secondary N) is 2. The van der Waals surface area contributed by atoms with Crippen LogP contribution in [0.1, 0.15) is 47.3 Å². The van der Waals surface area contributed by atoms with Crippen molar-refractivity contribution in [1.82, 2.24) is 10.6 Å². The first-order valence-corrected chi connectivity index (χ1v) is 10.3. The Kier molecular flexibility index (Phi) is 6.83. The molecule has 0 radical (unpaired) electrons. The van der Waals surface area contributed by atoms with E-state index in [0.717, 1.165) is 5.56 Å². The van der Waals surface area contributed by atoms with Gasteiger partial charge in [-0.3, -0.25) is 9.59 Å². The lowest BCUT2D eigenvalue weighted by Gasteiger charge is -2.24. The van der Waals surface area contributed by atoms with Gasteiger partial charge in [-0.15, -0.1) is 11.3 Å². The lowest BCUT2D eigenvalue weighted by Crippen LogP contribution is -2.49. The third-order valence-corrected chi connectivity index (χ3v) is 5.81. The van der Waals surface area contributed by atoms with Crippen LogP contribution >= 0.6 is 11.3 Å². The number of rotatable bonds is 7. The predicted molar refractivity (Wildman–Crippen MR) is 105 cm³/mol. The van der Waals surface area contributed by atoms with Crippen LogP contribution in [0.3, 0.4) is 0 Å². The monoisotopic (exact) mass is 370 g/mol. The summed E-state index contributed by atoms with van der Waals surface area (Å²) in [5.41, 5.74) is 1.04. The second-order valence-corrected chi connectivity index (χ2v) is 7.89. The van der Waals surface area contributed by atoms with Gasteiger partial charge in [-0.1, -0.05) is 55.7 Å². The zero-order valence-electron chi connectivity index (χ0n) is 14.9. The predicted octanol–water partition coefficient (Wildman–Crippen LogP) is 3.79. The number of thiophene rings is 1. The van der Waals surface area contributed by atoms with Crippen molar-refractivity contribution in [2.24, 2.45) is 5.92 Å². The minimum Gasteiger partial charge on any atom is -0.354 e. The van der Waals surface area contributed by atoms with Crippen molar-refractivity contribution in [1.29, 1.82) is 0 Å². The molecular weight excluding hydrogens is 344 g/mol. The number of carbonyl (C=O) groups is 2. The first-order chi connectivity index (χ1) is 12.7. The van der Waals surface area contributed by atoms with E-state index in [1.165, 1.54) is 43.4 Å². The zero-order valence-corrected chi connectivity index (χ0v) is 15.8. The summed E-state index contributed by atoms with van der Waals surface area (Å²) in [7, 11) is 0. The highest BCUT2D eigenvalue weighted by molar-refractivity contribution is 7.12. The fourth-order valence-electron chi connectivity index (χ4n) is 3.46. The first-order valence-electron chi connectivity index (χ1n) is 9.38. The Balaban J connectivity index is 1.62. The Morgan fingerprint density at radius 3 is 2.50 bits per heavy atom. The number of hydrogen-bond acceptors (Lipinski definition) is 3. The topological polar surface area (TPSA) is 58.2 Å². The normalized spacial score (nSPS) is 16.0. The Morgan fingerprint density at radius 2 is 1.81 bits per heavy atom. The van der Waals surface area contributed by atoms with Gasteiger partial charge in [-0.05, 0) is 35.8 Å². The average molecular weight is 371 g/mol. The molecule has 0 aliphatic heterocycles. The third-order valence-electron chi connectivity index (χ3n) is 4.94. The van der Waals surface area contributed by atoms with E-state index in [1.807, 2.05) is 41.8 Å². The van der Waals surface area contributed by atoms with Gasteiger partial charge >= 0.3 is 0 Å². The van der Waals surface area contributed by atoms with Gasteiger partial charge in [0.15, 0.2) is 0 Å². The molecule has 2 N–H and O–H groups in total. The Bertz CT molecular complexity index is 694. The molecule has 0 unspecified atom stereocenters. The molecule has 1 heterocycles. The second kappa shape index (κ2) is 9.53. The van der Waals surface area contributed by atoms with Crippen molar-refractivity contribution in [3.05, 3.63) is 58.3 Å². The van der Waals surface area contributed by atoms with Gasteiger partial charge in [0, 0.05) is 13.0 Å². The smallest absolute Gasteiger partial charge is 0.262 e. The summed E-state index contributed by atoms with van der Waals surface area (Å²) in [5, 5.41) is 7.85. The number of benzene rings is 1. The third kappa shape index (κ3) is 5.43. The Hall–Kier alpha value is -2.14. The molecule has 138 valence electrons. The molecule has 0 spiro atoms. The van der Waals surface area contributed by atoms with Gasteiger partial charge in [0.05, 0.1) is 4.88 Å². The molecule has 26 heavy (non-hydrogen) atoms. The van der Waals surface area contributed by atoms with E-state index in [0.29, 0.717) is 23.8 Å². The van der Waals surface area contributed by atoms with Crippen LogP contribution < -0.4 is 10.6 Å². The summed E-state index contributed by atoms with van der Waals surface area (Å²) in [4.78, 5) is 25.8. The molecule has 1 atom stereocenters. The molecule has 1 aromatic heterocycles. The van der Waals surface area contributed by atoms with Gasteiger partial charge in [-0.25, -0.2) is 0 Å². The van der Waals surface area contributed by atoms with Crippen molar-refractivity contribution < 1.29 is 9.59 Å². The molecule has 1 saturated carbocycles. The molecule has 1 aliphatic carbocycles.